The molecule has 7 nitrogen and oxygen atoms in total. The molecule has 1 heterocycles. The lowest BCUT2D eigenvalue weighted by molar-refractivity contribution is -0.384. The highest BCUT2D eigenvalue weighted by Crippen LogP contribution is 2.47. The molecule has 2 aromatic carbocycles. The highest BCUT2D eigenvalue weighted by Gasteiger charge is 2.53. The third kappa shape index (κ3) is 3.46. The standard InChI is InChI=1S/C23H21NO6S/c1-3-29-21(25)23(22(26)30-4-2)12-15-11-19-17(9-10-31-19)20(18(15)13-23)14-5-7-16(8-6-14)24(27)28/h5-11H,3-4,12-13H2,1-2H3. The Labute approximate surface area is 182 Å². The fourth-order valence-corrected chi connectivity index (χ4v) is 5.10. The van der Waals surface area contributed by atoms with E-state index >= 15 is 0 Å². The van der Waals surface area contributed by atoms with Gasteiger partial charge in [-0.2, -0.15) is 0 Å². The molecule has 0 N–H and O–H groups in total. The maximum absolute atomic E-state index is 13.0. The molecule has 0 radical (unpaired) electrons. The van der Waals surface area contributed by atoms with E-state index in [0.717, 1.165) is 32.3 Å². The second-order valence-electron chi connectivity index (χ2n) is 7.40. The number of thiophene rings is 1. The fourth-order valence-electron chi connectivity index (χ4n) is 4.25. The maximum atomic E-state index is 13.0. The average Bonchev–Trinajstić information content (AvgIpc) is 3.37. The number of esters is 2. The minimum atomic E-state index is -1.42. The number of rotatable bonds is 6. The van der Waals surface area contributed by atoms with Crippen molar-refractivity contribution in [3.63, 3.8) is 0 Å². The molecule has 0 amide bonds. The van der Waals surface area contributed by atoms with Gasteiger partial charge in [0.2, 0.25) is 0 Å². The molecule has 0 atom stereocenters. The van der Waals surface area contributed by atoms with Gasteiger partial charge in [0.05, 0.1) is 18.1 Å². The lowest BCUT2D eigenvalue weighted by Crippen LogP contribution is -2.43. The van der Waals surface area contributed by atoms with Gasteiger partial charge in [-0.3, -0.25) is 19.7 Å². The topological polar surface area (TPSA) is 95.7 Å². The van der Waals surface area contributed by atoms with Gasteiger partial charge in [-0.05, 0) is 72.2 Å². The molecule has 0 aliphatic heterocycles. The Morgan fingerprint density at radius 3 is 2.29 bits per heavy atom. The Hall–Kier alpha value is -3.26. The van der Waals surface area contributed by atoms with Crippen LogP contribution in [-0.4, -0.2) is 30.1 Å². The molecule has 0 unspecified atom stereocenters. The number of carbonyl (C=O) groups is 2. The highest BCUT2D eigenvalue weighted by molar-refractivity contribution is 7.17. The number of hydrogen-bond acceptors (Lipinski definition) is 7. The van der Waals surface area contributed by atoms with Gasteiger partial charge >= 0.3 is 11.9 Å². The maximum Gasteiger partial charge on any atom is 0.324 e. The summed E-state index contributed by atoms with van der Waals surface area (Å²) < 4.78 is 11.6. The monoisotopic (exact) mass is 439 g/mol. The normalized spacial score (nSPS) is 14.3. The smallest absolute Gasteiger partial charge is 0.324 e. The van der Waals surface area contributed by atoms with Crippen LogP contribution in [0.15, 0.2) is 41.8 Å². The number of nitrogens with zero attached hydrogens (tertiary/aromatic N) is 1. The summed E-state index contributed by atoms with van der Waals surface area (Å²) in [6, 6.07) is 10.4. The van der Waals surface area contributed by atoms with Crippen LogP contribution in [0.5, 0.6) is 0 Å². The SMILES string of the molecule is CCOC(=O)C1(C(=O)OCC)Cc2cc3sccc3c(-c3ccc([N+](=O)[O-])cc3)c2C1. The molecule has 31 heavy (non-hydrogen) atoms. The summed E-state index contributed by atoms with van der Waals surface area (Å²) in [6.45, 7) is 3.75. The number of carbonyl (C=O) groups excluding carboxylic acids is 2. The summed E-state index contributed by atoms with van der Waals surface area (Å²) in [6.07, 6.45) is 0.367. The fraction of sp³-hybridized carbons (Fsp3) is 0.304. The van der Waals surface area contributed by atoms with Crippen molar-refractivity contribution >= 4 is 39.0 Å². The van der Waals surface area contributed by atoms with Gasteiger partial charge < -0.3 is 9.47 Å². The number of nitro benzene ring substituents is 1. The molecular formula is C23H21NO6S. The number of benzene rings is 2. The van der Waals surface area contributed by atoms with Gasteiger partial charge in [0.15, 0.2) is 5.41 Å². The van der Waals surface area contributed by atoms with Crippen LogP contribution in [0.3, 0.4) is 0 Å². The summed E-state index contributed by atoms with van der Waals surface area (Å²) >= 11 is 1.57. The van der Waals surface area contributed by atoms with Crippen molar-refractivity contribution < 1.29 is 24.0 Å². The van der Waals surface area contributed by atoms with E-state index in [0.29, 0.717) is 0 Å². The second kappa shape index (κ2) is 8.11. The Kier molecular flexibility index (Phi) is 5.49. The third-order valence-electron chi connectivity index (χ3n) is 5.63. The molecule has 0 bridgehead atoms. The molecule has 1 aromatic heterocycles. The van der Waals surface area contributed by atoms with E-state index in [2.05, 4.69) is 0 Å². The van der Waals surface area contributed by atoms with Crippen molar-refractivity contribution in [1.29, 1.82) is 0 Å². The van der Waals surface area contributed by atoms with E-state index in [4.69, 9.17) is 9.47 Å². The molecule has 0 saturated carbocycles. The minimum Gasteiger partial charge on any atom is -0.465 e. The largest absolute Gasteiger partial charge is 0.465 e. The summed E-state index contributed by atoms with van der Waals surface area (Å²) in [5.74, 6) is -1.16. The van der Waals surface area contributed by atoms with Crippen LogP contribution in [0.4, 0.5) is 5.69 Å². The summed E-state index contributed by atoms with van der Waals surface area (Å²) in [7, 11) is 0. The van der Waals surface area contributed by atoms with Crippen LogP contribution in [0.1, 0.15) is 25.0 Å². The zero-order valence-electron chi connectivity index (χ0n) is 17.2. The van der Waals surface area contributed by atoms with Crippen LogP contribution in [0.25, 0.3) is 21.2 Å². The Morgan fingerprint density at radius 2 is 1.71 bits per heavy atom. The first-order valence-electron chi connectivity index (χ1n) is 10.0. The van der Waals surface area contributed by atoms with Gasteiger partial charge in [0.25, 0.3) is 5.69 Å². The van der Waals surface area contributed by atoms with E-state index in [-0.39, 0.29) is 31.7 Å². The summed E-state index contributed by atoms with van der Waals surface area (Å²) in [4.78, 5) is 36.5. The zero-order valence-corrected chi connectivity index (χ0v) is 18.0. The molecule has 0 spiro atoms. The van der Waals surface area contributed by atoms with E-state index in [1.165, 1.54) is 12.1 Å². The third-order valence-corrected chi connectivity index (χ3v) is 6.49. The molecule has 160 valence electrons. The van der Waals surface area contributed by atoms with Gasteiger partial charge in [-0.15, -0.1) is 11.3 Å². The number of non-ortho nitro benzene ring substituents is 1. The van der Waals surface area contributed by atoms with Crippen LogP contribution >= 0.6 is 11.3 Å². The lowest BCUT2D eigenvalue weighted by atomic mass is 9.84. The first kappa shape index (κ1) is 21.0. The van der Waals surface area contributed by atoms with Gasteiger partial charge in [-0.25, -0.2) is 0 Å². The van der Waals surface area contributed by atoms with Crippen molar-refractivity contribution in [3.05, 3.63) is 63.0 Å². The van der Waals surface area contributed by atoms with E-state index in [1.807, 2.05) is 17.5 Å². The number of nitro groups is 1. The Morgan fingerprint density at radius 1 is 1.06 bits per heavy atom. The quantitative estimate of drug-likeness (QED) is 0.239. The number of fused-ring (bicyclic) bond motifs is 2. The van der Waals surface area contributed by atoms with Crippen molar-refractivity contribution in [2.75, 3.05) is 13.2 Å². The van der Waals surface area contributed by atoms with Crippen molar-refractivity contribution in [1.82, 2.24) is 0 Å². The molecule has 0 fully saturated rings. The second-order valence-corrected chi connectivity index (χ2v) is 8.35. The molecule has 3 aromatic rings. The van der Waals surface area contributed by atoms with Crippen LogP contribution < -0.4 is 0 Å². The van der Waals surface area contributed by atoms with Crippen LogP contribution in [0, 0.1) is 15.5 Å². The Balaban J connectivity index is 1.89. The van der Waals surface area contributed by atoms with Crippen LogP contribution in [0.2, 0.25) is 0 Å². The molecular weight excluding hydrogens is 418 g/mol. The average molecular weight is 439 g/mol. The van der Waals surface area contributed by atoms with Gasteiger partial charge in [0, 0.05) is 28.6 Å². The molecule has 4 rings (SSSR count). The predicted octanol–water partition coefficient (Wildman–Crippen LogP) is 4.69. The lowest BCUT2D eigenvalue weighted by Gasteiger charge is -2.24. The van der Waals surface area contributed by atoms with E-state index < -0.39 is 22.3 Å². The summed E-state index contributed by atoms with van der Waals surface area (Å²) in [5.41, 5.74) is 2.04. The first-order chi connectivity index (χ1) is 14.9. The Bertz CT molecular complexity index is 1160. The van der Waals surface area contributed by atoms with Gasteiger partial charge in [0.1, 0.15) is 0 Å². The molecule has 1 aliphatic carbocycles. The van der Waals surface area contributed by atoms with E-state index in [9.17, 15) is 19.7 Å². The molecule has 1 aliphatic rings. The highest BCUT2D eigenvalue weighted by atomic mass is 32.1. The zero-order chi connectivity index (χ0) is 22.2. The number of ether oxygens (including phenoxy) is 2. The number of hydrogen-bond donors (Lipinski definition) is 0. The first-order valence-corrected chi connectivity index (χ1v) is 10.9. The van der Waals surface area contributed by atoms with Crippen molar-refractivity contribution in [2.45, 2.75) is 26.7 Å². The molecule has 8 heteroatoms. The van der Waals surface area contributed by atoms with Gasteiger partial charge in [-0.1, -0.05) is 0 Å². The van der Waals surface area contributed by atoms with Crippen LogP contribution in [-0.2, 0) is 31.9 Å². The van der Waals surface area contributed by atoms with Crippen molar-refractivity contribution in [2.24, 2.45) is 5.41 Å². The van der Waals surface area contributed by atoms with Crippen molar-refractivity contribution in [3.8, 4) is 11.1 Å². The van der Waals surface area contributed by atoms with E-state index in [1.54, 1.807) is 37.3 Å². The summed E-state index contributed by atoms with van der Waals surface area (Å²) in [5, 5.41) is 14.0. The molecule has 0 saturated heterocycles. The minimum absolute atomic E-state index is 0.00489. The predicted molar refractivity (Wildman–Crippen MR) is 117 cm³/mol.